The molecule has 0 atom stereocenters. The number of aromatic nitrogens is 3. The predicted molar refractivity (Wildman–Crippen MR) is 101 cm³/mol. The number of hydrogen-bond donors (Lipinski definition) is 1. The van der Waals surface area contributed by atoms with Crippen LogP contribution in [0.5, 0.6) is 0 Å². The molecule has 0 fully saturated rings. The second-order valence-electron chi connectivity index (χ2n) is 5.79. The van der Waals surface area contributed by atoms with E-state index in [1.807, 2.05) is 60.7 Å². The van der Waals surface area contributed by atoms with Crippen molar-refractivity contribution in [3.8, 4) is 11.3 Å². The van der Waals surface area contributed by atoms with Gasteiger partial charge in [0.05, 0.1) is 12.1 Å². The summed E-state index contributed by atoms with van der Waals surface area (Å²) in [6, 6.07) is 19.2. The molecule has 2 heterocycles. The molecule has 2 aromatic carbocycles. The first-order valence-corrected chi connectivity index (χ1v) is 8.88. The van der Waals surface area contributed by atoms with Gasteiger partial charge in [-0.3, -0.25) is 4.79 Å². The van der Waals surface area contributed by atoms with Gasteiger partial charge >= 0.3 is 0 Å². The lowest BCUT2D eigenvalue weighted by Crippen LogP contribution is -2.27. The number of nitrogens with one attached hydrogen (secondary N) is 1. The van der Waals surface area contributed by atoms with Gasteiger partial charge in [0.15, 0.2) is 0 Å². The standard InChI is InChI=1S/C19H15BrN4O2/c20-14-7-5-13(6-8-14)18-10-9-15(26-18)11-21-19(25)12-24-17-4-2-1-3-16(17)22-23-24/h1-10H,11-12H2,(H,21,25). The number of carbonyl (C=O) groups excluding carboxylic acids is 1. The molecule has 1 N–H and O–H groups in total. The normalized spacial score (nSPS) is 11.0. The summed E-state index contributed by atoms with van der Waals surface area (Å²) in [6.07, 6.45) is 0. The lowest BCUT2D eigenvalue weighted by Gasteiger charge is -2.04. The Morgan fingerprint density at radius 2 is 1.88 bits per heavy atom. The number of para-hydroxylation sites is 1. The van der Waals surface area contributed by atoms with Crippen molar-refractivity contribution < 1.29 is 9.21 Å². The minimum atomic E-state index is -0.151. The molecular weight excluding hydrogens is 396 g/mol. The molecule has 0 aliphatic heterocycles. The number of rotatable bonds is 5. The van der Waals surface area contributed by atoms with E-state index in [0.717, 1.165) is 26.8 Å². The largest absolute Gasteiger partial charge is 0.459 e. The first-order chi connectivity index (χ1) is 12.7. The predicted octanol–water partition coefficient (Wildman–Crippen LogP) is 3.77. The maximum Gasteiger partial charge on any atom is 0.242 e. The molecule has 0 spiro atoms. The number of halogens is 1. The van der Waals surface area contributed by atoms with Crippen molar-refractivity contribution in [3.63, 3.8) is 0 Å². The first-order valence-electron chi connectivity index (χ1n) is 8.08. The van der Waals surface area contributed by atoms with E-state index in [1.54, 1.807) is 4.68 Å². The van der Waals surface area contributed by atoms with Crippen LogP contribution in [0.25, 0.3) is 22.4 Å². The van der Waals surface area contributed by atoms with Crippen molar-refractivity contribution >= 4 is 32.9 Å². The van der Waals surface area contributed by atoms with Gasteiger partial charge in [-0.15, -0.1) is 5.10 Å². The molecule has 130 valence electrons. The van der Waals surface area contributed by atoms with E-state index in [1.165, 1.54) is 0 Å². The number of carbonyl (C=O) groups is 1. The second kappa shape index (κ2) is 7.13. The molecule has 4 rings (SSSR count). The van der Waals surface area contributed by atoms with E-state index in [2.05, 4.69) is 31.6 Å². The zero-order valence-corrected chi connectivity index (χ0v) is 15.3. The number of furan rings is 1. The fourth-order valence-electron chi connectivity index (χ4n) is 2.65. The van der Waals surface area contributed by atoms with Crippen LogP contribution in [0.15, 0.2) is 69.6 Å². The summed E-state index contributed by atoms with van der Waals surface area (Å²) in [4.78, 5) is 12.2. The molecular formula is C19H15BrN4O2. The zero-order valence-electron chi connectivity index (χ0n) is 13.7. The molecule has 0 radical (unpaired) electrons. The van der Waals surface area contributed by atoms with Crippen LogP contribution in [-0.2, 0) is 17.9 Å². The Morgan fingerprint density at radius 3 is 2.73 bits per heavy atom. The molecule has 6 nitrogen and oxygen atoms in total. The van der Waals surface area contributed by atoms with Gasteiger partial charge in [-0.1, -0.05) is 45.4 Å². The maximum atomic E-state index is 12.2. The molecule has 0 saturated carbocycles. The highest BCUT2D eigenvalue weighted by molar-refractivity contribution is 9.10. The van der Waals surface area contributed by atoms with E-state index < -0.39 is 0 Å². The van der Waals surface area contributed by atoms with Gasteiger partial charge in [-0.25, -0.2) is 4.68 Å². The number of hydrogen-bond acceptors (Lipinski definition) is 4. The highest BCUT2D eigenvalue weighted by Crippen LogP contribution is 2.23. The Labute approximate surface area is 157 Å². The van der Waals surface area contributed by atoms with Crippen LogP contribution in [0.2, 0.25) is 0 Å². The van der Waals surface area contributed by atoms with Gasteiger partial charge < -0.3 is 9.73 Å². The SMILES string of the molecule is O=C(Cn1nnc2ccccc21)NCc1ccc(-c2ccc(Br)cc2)o1. The van der Waals surface area contributed by atoms with Crippen LogP contribution in [0.4, 0.5) is 0 Å². The van der Waals surface area contributed by atoms with Crippen LogP contribution in [0.1, 0.15) is 5.76 Å². The number of nitrogens with zero attached hydrogens (tertiary/aromatic N) is 3. The Hall–Kier alpha value is -2.93. The van der Waals surface area contributed by atoms with Gasteiger partial charge in [0.2, 0.25) is 5.91 Å². The van der Waals surface area contributed by atoms with Gasteiger partial charge in [0.25, 0.3) is 0 Å². The summed E-state index contributed by atoms with van der Waals surface area (Å²) >= 11 is 3.41. The van der Waals surface area contributed by atoms with E-state index in [9.17, 15) is 4.79 Å². The Kier molecular flexibility index (Phi) is 4.53. The third-order valence-corrected chi connectivity index (χ3v) is 4.49. The van der Waals surface area contributed by atoms with Crippen LogP contribution >= 0.6 is 15.9 Å². The molecule has 0 saturated heterocycles. The van der Waals surface area contributed by atoms with Crippen molar-refractivity contribution in [2.45, 2.75) is 13.1 Å². The molecule has 0 aliphatic carbocycles. The lowest BCUT2D eigenvalue weighted by atomic mass is 10.2. The van der Waals surface area contributed by atoms with Crippen LogP contribution in [0.3, 0.4) is 0 Å². The van der Waals surface area contributed by atoms with E-state index in [0.29, 0.717) is 12.3 Å². The monoisotopic (exact) mass is 410 g/mol. The van der Waals surface area contributed by atoms with Crippen LogP contribution < -0.4 is 5.32 Å². The van der Waals surface area contributed by atoms with Gasteiger partial charge in [-0.05, 0) is 36.4 Å². The topological polar surface area (TPSA) is 73.0 Å². The summed E-state index contributed by atoms with van der Waals surface area (Å²) < 4.78 is 8.40. The first kappa shape index (κ1) is 16.5. The fourth-order valence-corrected chi connectivity index (χ4v) is 2.92. The summed E-state index contributed by atoms with van der Waals surface area (Å²) in [7, 11) is 0. The van der Waals surface area contributed by atoms with E-state index in [4.69, 9.17) is 4.42 Å². The molecule has 0 bridgehead atoms. The van der Waals surface area contributed by atoms with E-state index in [-0.39, 0.29) is 12.5 Å². The zero-order chi connectivity index (χ0) is 17.9. The highest BCUT2D eigenvalue weighted by atomic mass is 79.9. The number of amides is 1. The summed E-state index contributed by atoms with van der Waals surface area (Å²) in [5.41, 5.74) is 2.59. The Morgan fingerprint density at radius 1 is 1.08 bits per heavy atom. The quantitative estimate of drug-likeness (QED) is 0.543. The number of fused-ring (bicyclic) bond motifs is 1. The molecule has 7 heteroatoms. The third kappa shape index (κ3) is 3.52. The van der Waals surface area contributed by atoms with Crippen molar-refractivity contribution in [3.05, 3.63) is 70.9 Å². The van der Waals surface area contributed by atoms with Gasteiger partial charge in [0.1, 0.15) is 23.6 Å². The molecule has 0 aliphatic rings. The van der Waals surface area contributed by atoms with Crippen molar-refractivity contribution in [2.24, 2.45) is 0 Å². The Bertz CT molecular complexity index is 1050. The van der Waals surface area contributed by atoms with Crippen molar-refractivity contribution in [2.75, 3.05) is 0 Å². The molecule has 0 unspecified atom stereocenters. The maximum absolute atomic E-state index is 12.2. The number of benzene rings is 2. The lowest BCUT2D eigenvalue weighted by molar-refractivity contribution is -0.122. The third-order valence-electron chi connectivity index (χ3n) is 3.96. The average molecular weight is 411 g/mol. The molecule has 1 amide bonds. The molecule has 2 aromatic heterocycles. The molecule has 4 aromatic rings. The van der Waals surface area contributed by atoms with Crippen molar-refractivity contribution in [1.82, 2.24) is 20.3 Å². The molecule has 26 heavy (non-hydrogen) atoms. The average Bonchev–Trinajstić information content (AvgIpc) is 3.28. The van der Waals surface area contributed by atoms with Gasteiger partial charge in [0, 0.05) is 10.0 Å². The van der Waals surface area contributed by atoms with E-state index >= 15 is 0 Å². The summed E-state index contributed by atoms with van der Waals surface area (Å²) in [5.74, 6) is 1.31. The summed E-state index contributed by atoms with van der Waals surface area (Å²) in [6.45, 7) is 0.433. The summed E-state index contributed by atoms with van der Waals surface area (Å²) in [5, 5.41) is 10.9. The smallest absolute Gasteiger partial charge is 0.242 e. The van der Waals surface area contributed by atoms with Crippen LogP contribution in [-0.4, -0.2) is 20.9 Å². The second-order valence-corrected chi connectivity index (χ2v) is 6.70. The minimum Gasteiger partial charge on any atom is -0.459 e. The Balaban J connectivity index is 1.38. The van der Waals surface area contributed by atoms with Gasteiger partial charge in [-0.2, -0.15) is 0 Å². The minimum absolute atomic E-state index is 0.112. The fraction of sp³-hybridized carbons (Fsp3) is 0.105. The highest BCUT2D eigenvalue weighted by Gasteiger charge is 2.10. The van der Waals surface area contributed by atoms with Crippen LogP contribution in [0, 0.1) is 0 Å². The van der Waals surface area contributed by atoms with Crippen molar-refractivity contribution in [1.29, 1.82) is 0 Å².